The number of ether oxygens (including phenoxy) is 2. The predicted octanol–water partition coefficient (Wildman–Crippen LogP) is 2.78. The van der Waals surface area contributed by atoms with Crippen LogP contribution in [0.25, 0.3) is 0 Å². The number of hydrazine groups is 1. The Bertz CT molecular complexity index is 534. The zero-order valence-corrected chi connectivity index (χ0v) is 16.2. The van der Waals surface area contributed by atoms with Gasteiger partial charge in [0.05, 0.1) is 12.4 Å². The molecule has 25 heavy (non-hydrogen) atoms. The lowest BCUT2D eigenvalue weighted by atomic mass is 10.2. The molecule has 2 amide bonds. The summed E-state index contributed by atoms with van der Waals surface area (Å²) in [5.41, 5.74) is 4.79. The quantitative estimate of drug-likeness (QED) is 0.491. The number of nitrogens with one attached hydrogen (secondary N) is 2. The van der Waals surface area contributed by atoms with E-state index >= 15 is 0 Å². The van der Waals surface area contributed by atoms with Crippen molar-refractivity contribution in [2.24, 2.45) is 5.92 Å². The zero-order valence-electron chi connectivity index (χ0n) is 15.3. The molecular formula is C18H28N2O4S. The van der Waals surface area contributed by atoms with E-state index in [1.807, 2.05) is 6.92 Å². The molecule has 140 valence electrons. The van der Waals surface area contributed by atoms with Gasteiger partial charge in [0.1, 0.15) is 11.5 Å². The van der Waals surface area contributed by atoms with Crippen LogP contribution in [0.4, 0.5) is 0 Å². The van der Waals surface area contributed by atoms with E-state index in [0.717, 1.165) is 17.9 Å². The predicted molar refractivity (Wildman–Crippen MR) is 101 cm³/mol. The van der Waals surface area contributed by atoms with Crippen molar-refractivity contribution in [3.8, 4) is 11.5 Å². The Balaban J connectivity index is 2.28. The third kappa shape index (κ3) is 9.24. The van der Waals surface area contributed by atoms with Crippen LogP contribution in [-0.4, -0.2) is 36.0 Å². The highest BCUT2D eigenvalue weighted by Gasteiger charge is 2.15. The molecule has 1 rings (SSSR count). The fourth-order valence-corrected chi connectivity index (χ4v) is 2.83. The van der Waals surface area contributed by atoms with Crippen molar-refractivity contribution in [1.82, 2.24) is 10.9 Å². The highest BCUT2D eigenvalue weighted by atomic mass is 32.2. The second-order valence-electron chi connectivity index (χ2n) is 5.94. The summed E-state index contributed by atoms with van der Waals surface area (Å²) in [6.45, 7) is 8.41. The Kier molecular flexibility index (Phi) is 9.84. The average molecular weight is 368 g/mol. The first kappa shape index (κ1) is 21.2. The van der Waals surface area contributed by atoms with E-state index in [0.29, 0.717) is 24.0 Å². The van der Waals surface area contributed by atoms with Gasteiger partial charge in [-0.15, -0.1) is 0 Å². The Morgan fingerprint density at radius 1 is 1.08 bits per heavy atom. The number of carbonyl (C=O) groups excluding carboxylic acids is 2. The number of carbonyl (C=O) groups is 2. The SMILES string of the molecule is CCOc1ccc(OC(C)C(=O)NNC(=O)CSCCC(C)C)cc1. The summed E-state index contributed by atoms with van der Waals surface area (Å²) < 4.78 is 10.9. The van der Waals surface area contributed by atoms with Crippen LogP contribution in [0.2, 0.25) is 0 Å². The van der Waals surface area contributed by atoms with Gasteiger partial charge in [-0.1, -0.05) is 13.8 Å². The van der Waals surface area contributed by atoms with Gasteiger partial charge in [-0.3, -0.25) is 20.4 Å². The standard InChI is InChI=1S/C18H28N2O4S/c1-5-23-15-6-8-16(9-7-15)24-14(4)18(22)20-19-17(21)12-25-11-10-13(2)3/h6-9,13-14H,5,10-12H2,1-4H3,(H,19,21)(H,20,22). The molecule has 0 heterocycles. The summed E-state index contributed by atoms with van der Waals surface area (Å²) in [7, 11) is 0. The topological polar surface area (TPSA) is 76.7 Å². The summed E-state index contributed by atoms with van der Waals surface area (Å²) in [6, 6.07) is 7.02. The zero-order chi connectivity index (χ0) is 18.7. The minimum absolute atomic E-state index is 0.227. The molecule has 0 aliphatic rings. The van der Waals surface area contributed by atoms with Gasteiger partial charge in [0, 0.05) is 0 Å². The lowest BCUT2D eigenvalue weighted by Crippen LogP contribution is -2.47. The van der Waals surface area contributed by atoms with E-state index in [-0.39, 0.29) is 5.91 Å². The van der Waals surface area contributed by atoms with Crippen LogP contribution in [0.3, 0.4) is 0 Å². The van der Waals surface area contributed by atoms with Gasteiger partial charge in [0.25, 0.3) is 5.91 Å². The molecule has 2 N–H and O–H groups in total. The molecule has 1 unspecified atom stereocenters. The fourth-order valence-electron chi connectivity index (χ4n) is 1.79. The minimum atomic E-state index is -0.730. The van der Waals surface area contributed by atoms with Crippen molar-refractivity contribution in [3.05, 3.63) is 24.3 Å². The third-order valence-electron chi connectivity index (χ3n) is 3.21. The van der Waals surface area contributed by atoms with E-state index < -0.39 is 12.0 Å². The molecule has 0 saturated heterocycles. The average Bonchev–Trinajstić information content (AvgIpc) is 2.58. The highest BCUT2D eigenvalue weighted by molar-refractivity contribution is 7.99. The maximum atomic E-state index is 12.0. The number of thioether (sulfide) groups is 1. The van der Waals surface area contributed by atoms with Gasteiger partial charge in [-0.25, -0.2) is 0 Å². The summed E-state index contributed by atoms with van der Waals surface area (Å²) in [5.74, 6) is 2.54. The molecule has 0 aliphatic carbocycles. The van der Waals surface area contributed by atoms with E-state index in [2.05, 4.69) is 24.7 Å². The molecule has 0 aromatic heterocycles. The van der Waals surface area contributed by atoms with Gasteiger partial charge < -0.3 is 9.47 Å². The second kappa shape index (κ2) is 11.6. The van der Waals surface area contributed by atoms with Crippen molar-refractivity contribution in [2.75, 3.05) is 18.1 Å². The summed E-state index contributed by atoms with van der Waals surface area (Å²) in [5, 5.41) is 0. The summed E-state index contributed by atoms with van der Waals surface area (Å²) in [6.07, 6.45) is 0.337. The first-order valence-corrected chi connectivity index (χ1v) is 9.63. The van der Waals surface area contributed by atoms with Crippen LogP contribution in [0.5, 0.6) is 11.5 Å². The minimum Gasteiger partial charge on any atom is -0.494 e. The van der Waals surface area contributed by atoms with Gasteiger partial charge in [-0.05, 0) is 56.2 Å². The maximum Gasteiger partial charge on any atom is 0.279 e. The lowest BCUT2D eigenvalue weighted by molar-refractivity contribution is -0.131. The summed E-state index contributed by atoms with van der Waals surface area (Å²) in [4.78, 5) is 23.6. The second-order valence-corrected chi connectivity index (χ2v) is 7.04. The molecule has 0 fully saturated rings. The largest absolute Gasteiger partial charge is 0.494 e. The number of amides is 2. The molecule has 1 aromatic rings. The molecule has 0 radical (unpaired) electrons. The van der Waals surface area contributed by atoms with Crippen LogP contribution in [0.15, 0.2) is 24.3 Å². The molecule has 7 heteroatoms. The van der Waals surface area contributed by atoms with Crippen LogP contribution < -0.4 is 20.3 Å². The van der Waals surface area contributed by atoms with Crippen molar-refractivity contribution < 1.29 is 19.1 Å². The van der Waals surface area contributed by atoms with Crippen LogP contribution in [0, 0.1) is 5.92 Å². The Labute approximate surface area is 154 Å². The van der Waals surface area contributed by atoms with E-state index in [1.165, 1.54) is 0 Å². The fraction of sp³-hybridized carbons (Fsp3) is 0.556. The smallest absolute Gasteiger partial charge is 0.279 e. The molecule has 6 nitrogen and oxygen atoms in total. The van der Waals surface area contributed by atoms with Crippen molar-refractivity contribution >= 4 is 23.6 Å². The van der Waals surface area contributed by atoms with Gasteiger partial charge >= 0.3 is 0 Å². The monoisotopic (exact) mass is 368 g/mol. The van der Waals surface area contributed by atoms with E-state index in [4.69, 9.17) is 9.47 Å². The van der Waals surface area contributed by atoms with Gasteiger partial charge in [-0.2, -0.15) is 11.8 Å². The van der Waals surface area contributed by atoms with Crippen molar-refractivity contribution in [3.63, 3.8) is 0 Å². The van der Waals surface area contributed by atoms with Crippen LogP contribution >= 0.6 is 11.8 Å². The Hall–Kier alpha value is -1.89. The highest BCUT2D eigenvalue weighted by Crippen LogP contribution is 2.18. The van der Waals surface area contributed by atoms with Crippen molar-refractivity contribution in [1.29, 1.82) is 0 Å². The first-order valence-electron chi connectivity index (χ1n) is 8.48. The molecule has 1 aromatic carbocycles. The number of rotatable bonds is 10. The molecule has 0 saturated carbocycles. The molecule has 0 aliphatic heterocycles. The van der Waals surface area contributed by atoms with Gasteiger partial charge in [0.2, 0.25) is 5.91 Å². The lowest BCUT2D eigenvalue weighted by Gasteiger charge is -2.15. The number of hydrogen-bond acceptors (Lipinski definition) is 5. The normalized spacial score (nSPS) is 11.7. The Morgan fingerprint density at radius 3 is 2.32 bits per heavy atom. The third-order valence-corrected chi connectivity index (χ3v) is 4.21. The molecule has 0 spiro atoms. The van der Waals surface area contributed by atoms with E-state index in [1.54, 1.807) is 43.0 Å². The van der Waals surface area contributed by atoms with Crippen LogP contribution in [-0.2, 0) is 9.59 Å². The maximum absolute atomic E-state index is 12.0. The van der Waals surface area contributed by atoms with Gasteiger partial charge in [0.15, 0.2) is 6.10 Å². The van der Waals surface area contributed by atoms with Crippen LogP contribution in [0.1, 0.15) is 34.1 Å². The molecule has 0 bridgehead atoms. The Morgan fingerprint density at radius 2 is 1.72 bits per heavy atom. The first-order chi connectivity index (χ1) is 11.9. The van der Waals surface area contributed by atoms with E-state index in [9.17, 15) is 9.59 Å². The molecule has 1 atom stereocenters. The molecular weight excluding hydrogens is 340 g/mol. The number of benzene rings is 1. The number of hydrogen-bond donors (Lipinski definition) is 2. The van der Waals surface area contributed by atoms with Crippen molar-refractivity contribution in [2.45, 2.75) is 40.2 Å². The summed E-state index contributed by atoms with van der Waals surface area (Å²) >= 11 is 1.55.